The highest BCUT2D eigenvalue weighted by Gasteiger charge is 2.25. The lowest BCUT2D eigenvalue weighted by molar-refractivity contribution is 0.398. The van der Waals surface area contributed by atoms with Crippen molar-refractivity contribution in [2.75, 3.05) is 13.1 Å². The zero-order valence-corrected chi connectivity index (χ0v) is 19.2. The van der Waals surface area contributed by atoms with E-state index in [-0.39, 0.29) is 4.90 Å². The maximum Gasteiger partial charge on any atom is 0.268 e. The second kappa shape index (κ2) is 8.29. The summed E-state index contributed by atoms with van der Waals surface area (Å²) in [5.41, 5.74) is 1.45. The molecule has 0 saturated carbocycles. The second-order valence-corrected chi connectivity index (χ2v) is 11.8. The van der Waals surface area contributed by atoms with Crippen molar-refractivity contribution >= 4 is 31.9 Å². The van der Waals surface area contributed by atoms with Gasteiger partial charge >= 0.3 is 0 Å². The van der Waals surface area contributed by atoms with Crippen molar-refractivity contribution < 1.29 is 12.6 Å². The fourth-order valence-electron chi connectivity index (χ4n) is 4.33. The summed E-state index contributed by atoms with van der Waals surface area (Å²) in [5, 5.41) is 0.816. The van der Waals surface area contributed by atoms with E-state index in [4.69, 9.17) is 0 Å². The van der Waals surface area contributed by atoms with Crippen LogP contribution < -0.4 is 0 Å². The summed E-state index contributed by atoms with van der Waals surface area (Å²) < 4.78 is 42.9. The minimum atomic E-state index is -3.69. The van der Waals surface area contributed by atoms with Gasteiger partial charge in [-0.1, -0.05) is 32.0 Å². The average molecular weight is 445 g/mol. The molecular weight excluding hydrogens is 416 g/mol. The second-order valence-electron chi connectivity index (χ2n) is 8.48. The molecule has 2 heterocycles. The number of hydrogen-bond donors (Lipinski definition) is 0. The summed E-state index contributed by atoms with van der Waals surface area (Å²) >= 11 is 0. The number of hydrogen-bond acceptors (Lipinski definition) is 3. The van der Waals surface area contributed by atoms with Crippen LogP contribution in [0.3, 0.4) is 0 Å². The zero-order chi connectivity index (χ0) is 21.5. The molecule has 160 valence electrons. The molecule has 1 fully saturated rings. The molecule has 4 rings (SSSR count). The molecule has 3 atom stereocenters. The lowest BCUT2D eigenvalue weighted by atomic mass is 9.97. The van der Waals surface area contributed by atoms with Crippen LogP contribution >= 0.6 is 0 Å². The topological polar surface area (TPSA) is 59.4 Å². The Morgan fingerprint density at radius 3 is 2.50 bits per heavy atom. The Morgan fingerprint density at radius 2 is 1.77 bits per heavy atom. The molecule has 7 heteroatoms. The number of rotatable bonds is 4. The number of fused-ring (bicyclic) bond motifs is 1. The van der Waals surface area contributed by atoms with Gasteiger partial charge in [0.25, 0.3) is 10.0 Å². The van der Waals surface area contributed by atoms with Crippen LogP contribution in [0.25, 0.3) is 10.9 Å². The van der Waals surface area contributed by atoms with Gasteiger partial charge in [0, 0.05) is 24.7 Å². The Kier molecular flexibility index (Phi) is 5.88. The molecule has 5 nitrogen and oxygen atoms in total. The number of nitrogens with zero attached hydrogens (tertiary/aromatic N) is 2. The standard InChI is InChI=1S/C23H28N2O3S2/c1-17-11-12-24(15-18(2)13-17)29(26)20-9-10-23-22(14-20)19(3)16-25(23)30(27,28)21-7-5-4-6-8-21/h4-10,14,16-18H,11-13,15H2,1-3H3. The fraction of sp³-hybridized carbons (Fsp3) is 0.391. The van der Waals surface area contributed by atoms with E-state index in [1.807, 2.05) is 13.0 Å². The first-order valence-corrected chi connectivity index (χ1v) is 12.9. The Hall–Kier alpha value is -1.96. The molecule has 1 aliphatic heterocycles. The molecule has 1 aliphatic rings. The van der Waals surface area contributed by atoms with Gasteiger partial charge < -0.3 is 0 Å². The molecule has 2 aromatic carbocycles. The molecule has 0 N–H and O–H groups in total. The minimum absolute atomic E-state index is 0.252. The highest BCUT2D eigenvalue weighted by Crippen LogP contribution is 2.29. The summed E-state index contributed by atoms with van der Waals surface area (Å²) in [7, 11) is -4.94. The van der Waals surface area contributed by atoms with Crippen molar-refractivity contribution in [3.8, 4) is 0 Å². The van der Waals surface area contributed by atoms with Crippen molar-refractivity contribution in [2.45, 2.75) is 43.4 Å². The average Bonchev–Trinajstić information content (AvgIpc) is 2.97. The van der Waals surface area contributed by atoms with Crippen molar-refractivity contribution in [3.63, 3.8) is 0 Å². The Balaban J connectivity index is 1.71. The van der Waals surface area contributed by atoms with E-state index in [9.17, 15) is 12.6 Å². The lowest BCUT2D eigenvalue weighted by Gasteiger charge is -2.21. The van der Waals surface area contributed by atoms with E-state index >= 15 is 0 Å². The first-order valence-electron chi connectivity index (χ1n) is 10.4. The molecule has 30 heavy (non-hydrogen) atoms. The molecule has 1 saturated heterocycles. The molecule has 1 aromatic heterocycles. The van der Waals surface area contributed by atoms with Crippen LogP contribution in [-0.4, -0.2) is 34.0 Å². The quantitative estimate of drug-likeness (QED) is 0.592. The molecule has 0 amide bonds. The number of benzene rings is 2. The van der Waals surface area contributed by atoms with Crippen molar-refractivity contribution in [3.05, 3.63) is 60.3 Å². The van der Waals surface area contributed by atoms with Gasteiger partial charge in [-0.25, -0.2) is 20.9 Å². The van der Waals surface area contributed by atoms with Gasteiger partial charge in [-0.2, -0.15) is 0 Å². The highest BCUT2D eigenvalue weighted by molar-refractivity contribution is 7.90. The van der Waals surface area contributed by atoms with Crippen LogP contribution in [0.2, 0.25) is 0 Å². The first kappa shape index (κ1) is 21.3. The number of aromatic nitrogens is 1. The maximum absolute atomic E-state index is 13.3. The van der Waals surface area contributed by atoms with Crippen molar-refractivity contribution in [2.24, 2.45) is 11.8 Å². The first-order chi connectivity index (χ1) is 14.3. The van der Waals surface area contributed by atoms with E-state index in [0.717, 1.165) is 41.8 Å². The van der Waals surface area contributed by atoms with Crippen LogP contribution in [-0.2, 0) is 21.0 Å². The maximum atomic E-state index is 13.3. The third-order valence-electron chi connectivity index (χ3n) is 5.87. The summed E-state index contributed by atoms with van der Waals surface area (Å²) in [6, 6.07) is 13.9. The highest BCUT2D eigenvalue weighted by atomic mass is 32.2. The van der Waals surface area contributed by atoms with Gasteiger partial charge in [-0.3, -0.25) is 0 Å². The zero-order valence-electron chi connectivity index (χ0n) is 17.6. The Bertz CT molecular complexity index is 1190. The molecule has 0 spiro atoms. The van der Waals surface area contributed by atoms with Crippen LogP contribution in [0.5, 0.6) is 0 Å². The molecule has 0 radical (unpaired) electrons. The van der Waals surface area contributed by atoms with E-state index in [1.54, 1.807) is 48.7 Å². The predicted octanol–water partition coefficient (Wildman–Crippen LogP) is 4.58. The Morgan fingerprint density at radius 1 is 1.03 bits per heavy atom. The molecule has 0 aliphatic carbocycles. The van der Waals surface area contributed by atoms with E-state index in [1.165, 1.54) is 3.97 Å². The van der Waals surface area contributed by atoms with Gasteiger partial charge in [0.05, 0.1) is 15.3 Å². The van der Waals surface area contributed by atoms with Crippen LogP contribution in [0.15, 0.2) is 64.5 Å². The van der Waals surface area contributed by atoms with Gasteiger partial charge in [-0.15, -0.1) is 0 Å². The van der Waals surface area contributed by atoms with Gasteiger partial charge in [-0.05, 0) is 67.5 Å². The SMILES string of the molecule is Cc1cn(S(=O)(=O)c2ccccc2)c2ccc(S(=O)N3CCC(C)CC(C)C3)cc12. The molecule has 0 bridgehead atoms. The predicted molar refractivity (Wildman–Crippen MR) is 121 cm³/mol. The van der Waals surface area contributed by atoms with Gasteiger partial charge in [0.2, 0.25) is 0 Å². The third-order valence-corrected chi connectivity index (χ3v) is 9.01. The van der Waals surface area contributed by atoms with E-state index in [2.05, 4.69) is 18.2 Å². The monoisotopic (exact) mass is 444 g/mol. The van der Waals surface area contributed by atoms with E-state index < -0.39 is 21.0 Å². The summed E-state index contributed by atoms with van der Waals surface area (Å²) in [6.45, 7) is 8.00. The molecule has 3 unspecified atom stereocenters. The third kappa shape index (κ3) is 3.98. The van der Waals surface area contributed by atoms with Crippen LogP contribution in [0, 0.1) is 18.8 Å². The van der Waals surface area contributed by atoms with Gasteiger partial charge in [0.15, 0.2) is 0 Å². The Labute approximate surface area is 181 Å². The molecule has 3 aromatic rings. The smallest absolute Gasteiger partial charge is 0.241 e. The van der Waals surface area contributed by atoms with E-state index in [0.29, 0.717) is 17.4 Å². The van der Waals surface area contributed by atoms with Gasteiger partial charge in [0.1, 0.15) is 11.0 Å². The molecular formula is C23H28N2O3S2. The van der Waals surface area contributed by atoms with Crippen molar-refractivity contribution in [1.29, 1.82) is 0 Å². The summed E-state index contributed by atoms with van der Waals surface area (Å²) in [6.07, 6.45) is 3.85. The lowest BCUT2D eigenvalue weighted by Crippen LogP contribution is -2.29. The van der Waals surface area contributed by atoms with Crippen LogP contribution in [0.4, 0.5) is 0 Å². The fourth-order valence-corrected chi connectivity index (χ4v) is 7.14. The summed E-state index contributed by atoms with van der Waals surface area (Å²) in [5.74, 6) is 1.15. The van der Waals surface area contributed by atoms with Crippen LogP contribution in [0.1, 0.15) is 32.3 Å². The summed E-state index contributed by atoms with van der Waals surface area (Å²) in [4.78, 5) is 0.976. The van der Waals surface area contributed by atoms with Crippen molar-refractivity contribution in [1.82, 2.24) is 8.28 Å². The number of aryl methyl sites for hydroxylation is 1. The minimum Gasteiger partial charge on any atom is -0.241 e. The largest absolute Gasteiger partial charge is 0.268 e. The normalized spacial score (nSPS) is 22.1.